The summed E-state index contributed by atoms with van der Waals surface area (Å²) in [6.07, 6.45) is 4.10. The number of rotatable bonds is 7. The van der Waals surface area contributed by atoms with E-state index in [0.717, 1.165) is 28.4 Å². The number of imidazole rings is 1. The van der Waals surface area contributed by atoms with Crippen LogP contribution in [0.5, 0.6) is 11.6 Å². The number of ether oxygens (including phenoxy) is 1. The van der Waals surface area contributed by atoms with Gasteiger partial charge in [0.15, 0.2) is 0 Å². The number of hydrogen-bond acceptors (Lipinski definition) is 7. The standard InChI is InChI=1S/C23H24N6O3/c1-14-16(3)29(13-26-14)21-11-23(25-12-24-21)31-19-7-5-18(6-8-19)27-22(30)10-9-20-15(2)28-32-17(20)4/h5-8,11-13H,9-10H2,1-4H3,(H,27,30). The summed E-state index contributed by atoms with van der Waals surface area (Å²) in [6.45, 7) is 7.65. The molecule has 0 saturated carbocycles. The van der Waals surface area contributed by atoms with Crippen LogP contribution in [-0.4, -0.2) is 30.6 Å². The smallest absolute Gasteiger partial charge is 0.224 e. The Morgan fingerprint density at radius 2 is 1.84 bits per heavy atom. The van der Waals surface area contributed by atoms with Crippen LogP contribution >= 0.6 is 0 Å². The van der Waals surface area contributed by atoms with Gasteiger partial charge in [-0.15, -0.1) is 0 Å². The van der Waals surface area contributed by atoms with Crippen LogP contribution in [-0.2, 0) is 11.2 Å². The molecule has 32 heavy (non-hydrogen) atoms. The number of aryl methyl sites for hydroxylation is 3. The van der Waals surface area contributed by atoms with E-state index in [4.69, 9.17) is 9.26 Å². The van der Waals surface area contributed by atoms with Crippen LogP contribution in [0.25, 0.3) is 5.82 Å². The molecule has 9 heteroatoms. The lowest BCUT2D eigenvalue weighted by Gasteiger charge is -2.09. The van der Waals surface area contributed by atoms with Crippen molar-refractivity contribution in [3.05, 3.63) is 71.4 Å². The largest absolute Gasteiger partial charge is 0.439 e. The zero-order valence-corrected chi connectivity index (χ0v) is 18.4. The highest BCUT2D eigenvalue weighted by molar-refractivity contribution is 5.90. The third kappa shape index (κ3) is 4.66. The molecule has 0 bridgehead atoms. The molecule has 0 aliphatic rings. The van der Waals surface area contributed by atoms with Crippen molar-refractivity contribution in [2.24, 2.45) is 0 Å². The van der Waals surface area contributed by atoms with Gasteiger partial charge < -0.3 is 14.6 Å². The quantitative estimate of drug-likeness (QED) is 0.465. The van der Waals surface area contributed by atoms with Crippen LogP contribution in [0.2, 0.25) is 0 Å². The molecule has 3 heterocycles. The Morgan fingerprint density at radius 3 is 2.50 bits per heavy atom. The van der Waals surface area contributed by atoms with Crippen LogP contribution in [0, 0.1) is 27.7 Å². The molecule has 0 atom stereocenters. The Bertz CT molecular complexity index is 1220. The van der Waals surface area contributed by atoms with E-state index in [1.165, 1.54) is 6.33 Å². The highest BCUT2D eigenvalue weighted by Crippen LogP contribution is 2.23. The van der Waals surface area contributed by atoms with Gasteiger partial charge in [-0.05, 0) is 58.4 Å². The van der Waals surface area contributed by atoms with Gasteiger partial charge in [0.2, 0.25) is 11.8 Å². The van der Waals surface area contributed by atoms with Gasteiger partial charge in [0, 0.05) is 29.4 Å². The fraction of sp³-hybridized carbons (Fsp3) is 0.261. The molecule has 1 aromatic carbocycles. The Hall–Kier alpha value is -4.01. The van der Waals surface area contributed by atoms with Crippen molar-refractivity contribution < 1.29 is 14.1 Å². The Balaban J connectivity index is 1.36. The Labute approximate surface area is 185 Å². The maximum absolute atomic E-state index is 12.3. The van der Waals surface area contributed by atoms with Gasteiger partial charge in [0.05, 0.1) is 11.4 Å². The molecule has 3 aromatic heterocycles. The number of aromatic nitrogens is 5. The number of carbonyl (C=O) groups excluding carboxylic acids is 1. The van der Waals surface area contributed by atoms with Crippen molar-refractivity contribution in [3.8, 4) is 17.4 Å². The number of anilines is 1. The Kier molecular flexibility index (Phi) is 5.98. The minimum atomic E-state index is -0.0786. The summed E-state index contributed by atoms with van der Waals surface area (Å²) in [7, 11) is 0. The maximum Gasteiger partial charge on any atom is 0.224 e. The summed E-state index contributed by atoms with van der Waals surface area (Å²) in [4.78, 5) is 25.1. The van der Waals surface area contributed by atoms with Crippen LogP contribution in [0.4, 0.5) is 5.69 Å². The summed E-state index contributed by atoms with van der Waals surface area (Å²) >= 11 is 0. The highest BCUT2D eigenvalue weighted by Gasteiger charge is 2.12. The molecule has 0 radical (unpaired) electrons. The van der Waals surface area contributed by atoms with Crippen molar-refractivity contribution in [2.75, 3.05) is 5.32 Å². The van der Waals surface area contributed by atoms with Gasteiger partial charge in [-0.1, -0.05) is 5.16 Å². The lowest BCUT2D eigenvalue weighted by atomic mass is 10.1. The maximum atomic E-state index is 12.3. The summed E-state index contributed by atoms with van der Waals surface area (Å²) in [6, 6.07) is 8.87. The van der Waals surface area contributed by atoms with Gasteiger partial charge in [-0.3, -0.25) is 9.36 Å². The van der Waals surface area contributed by atoms with Gasteiger partial charge >= 0.3 is 0 Å². The molecule has 1 N–H and O–H groups in total. The van der Waals surface area contributed by atoms with E-state index in [-0.39, 0.29) is 5.91 Å². The molecule has 0 aliphatic carbocycles. The fourth-order valence-corrected chi connectivity index (χ4v) is 3.29. The molecule has 4 rings (SSSR count). The van der Waals surface area contributed by atoms with Crippen LogP contribution < -0.4 is 10.1 Å². The molecule has 0 saturated heterocycles. The molecule has 4 aromatic rings. The summed E-state index contributed by atoms with van der Waals surface area (Å²) in [5.74, 6) is 2.36. The molecule has 164 valence electrons. The molecule has 1 amide bonds. The number of amides is 1. The minimum Gasteiger partial charge on any atom is -0.439 e. The van der Waals surface area contributed by atoms with Gasteiger partial charge in [0.1, 0.15) is 30.0 Å². The second-order valence-corrected chi connectivity index (χ2v) is 7.48. The van der Waals surface area contributed by atoms with Crippen LogP contribution in [0.15, 0.2) is 47.5 Å². The zero-order valence-electron chi connectivity index (χ0n) is 18.4. The van der Waals surface area contributed by atoms with E-state index in [0.29, 0.717) is 36.0 Å². The molecule has 0 aliphatic heterocycles. The van der Waals surface area contributed by atoms with Crippen molar-refractivity contribution >= 4 is 11.6 Å². The van der Waals surface area contributed by atoms with E-state index >= 15 is 0 Å². The van der Waals surface area contributed by atoms with E-state index in [2.05, 4.69) is 25.4 Å². The fourth-order valence-electron chi connectivity index (χ4n) is 3.29. The highest BCUT2D eigenvalue weighted by atomic mass is 16.5. The SMILES string of the molecule is Cc1noc(C)c1CCC(=O)Nc1ccc(Oc2cc(-n3cnc(C)c3C)ncn2)cc1. The zero-order chi connectivity index (χ0) is 22.7. The lowest BCUT2D eigenvalue weighted by molar-refractivity contribution is -0.116. The first kappa shape index (κ1) is 21.2. The lowest BCUT2D eigenvalue weighted by Crippen LogP contribution is -2.12. The van der Waals surface area contributed by atoms with Crippen molar-refractivity contribution in [2.45, 2.75) is 40.5 Å². The van der Waals surface area contributed by atoms with E-state index < -0.39 is 0 Å². The number of benzene rings is 1. The first-order chi connectivity index (χ1) is 15.4. The molecule has 0 unspecified atom stereocenters. The number of nitrogens with one attached hydrogen (secondary N) is 1. The minimum absolute atomic E-state index is 0.0786. The van der Waals surface area contributed by atoms with E-state index in [1.807, 2.05) is 32.3 Å². The molecular weight excluding hydrogens is 408 g/mol. The summed E-state index contributed by atoms with van der Waals surface area (Å²) in [5, 5.41) is 6.81. The van der Waals surface area contributed by atoms with Gasteiger partial charge in [0.25, 0.3) is 0 Å². The Morgan fingerprint density at radius 1 is 1.06 bits per heavy atom. The molecule has 0 fully saturated rings. The third-order valence-corrected chi connectivity index (χ3v) is 5.27. The predicted molar refractivity (Wildman–Crippen MR) is 118 cm³/mol. The monoisotopic (exact) mass is 432 g/mol. The number of nitrogens with zero attached hydrogens (tertiary/aromatic N) is 5. The third-order valence-electron chi connectivity index (χ3n) is 5.27. The number of hydrogen-bond donors (Lipinski definition) is 1. The predicted octanol–water partition coefficient (Wildman–Crippen LogP) is 4.25. The van der Waals surface area contributed by atoms with Gasteiger partial charge in [-0.2, -0.15) is 0 Å². The number of carbonyl (C=O) groups is 1. The first-order valence-corrected chi connectivity index (χ1v) is 10.2. The first-order valence-electron chi connectivity index (χ1n) is 10.2. The van der Waals surface area contributed by atoms with Crippen molar-refractivity contribution in [3.63, 3.8) is 0 Å². The van der Waals surface area contributed by atoms with Gasteiger partial charge in [-0.25, -0.2) is 15.0 Å². The van der Waals surface area contributed by atoms with Crippen molar-refractivity contribution in [1.82, 2.24) is 24.7 Å². The van der Waals surface area contributed by atoms with Crippen LogP contribution in [0.3, 0.4) is 0 Å². The second-order valence-electron chi connectivity index (χ2n) is 7.48. The molecular formula is C23H24N6O3. The second kappa shape index (κ2) is 9.01. The summed E-state index contributed by atoms with van der Waals surface area (Å²) in [5.41, 5.74) is 4.44. The topological polar surface area (TPSA) is 108 Å². The van der Waals surface area contributed by atoms with Crippen molar-refractivity contribution in [1.29, 1.82) is 0 Å². The average Bonchev–Trinajstić information content (AvgIpc) is 3.29. The van der Waals surface area contributed by atoms with E-state index in [1.54, 1.807) is 36.7 Å². The van der Waals surface area contributed by atoms with E-state index in [9.17, 15) is 4.79 Å². The molecule has 0 spiro atoms. The normalized spacial score (nSPS) is 10.9. The molecule has 9 nitrogen and oxygen atoms in total. The summed E-state index contributed by atoms with van der Waals surface area (Å²) < 4.78 is 12.9. The van der Waals surface area contributed by atoms with Crippen LogP contribution in [0.1, 0.15) is 34.8 Å². The average molecular weight is 432 g/mol.